The lowest BCUT2D eigenvalue weighted by molar-refractivity contribution is -0.131. The first-order chi connectivity index (χ1) is 7.00. The zero-order valence-corrected chi connectivity index (χ0v) is 8.65. The van der Waals surface area contributed by atoms with E-state index >= 15 is 0 Å². The fourth-order valence-electron chi connectivity index (χ4n) is 1.24. The fourth-order valence-corrected chi connectivity index (χ4v) is 1.24. The highest BCUT2D eigenvalue weighted by molar-refractivity contribution is 5.94. The first-order valence-electron chi connectivity index (χ1n) is 4.53. The van der Waals surface area contributed by atoms with Gasteiger partial charge in [-0.25, -0.2) is 4.79 Å². The van der Waals surface area contributed by atoms with Gasteiger partial charge in [-0.15, -0.1) is 0 Å². The molecule has 0 saturated heterocycles. The van der Waals surface area contributed by atoms with Gasteiger partial charge in [-0.1, -0.05) is 24.3 Å². The van der Waals surface area contributed by atoms with Crippen LogP contribution in [0.2, 0.25) is 0 Å². The number of ketones is 1. The predicted molar refractivity (Wildman–Crippen MR) is 57.7 cm³/mol. The molecule has 0 atom stereocenters. The van der Waals surface area contributed by atoms with E-state index in [1.54, 1.807) is 31.2 Å². The molecule has 1 rings (SSSR count). The molecule has 0 bridgehead atoms. The highest BCUT2D eigenvalue weighted by Gasteiger charge is 2.01. The number of carboxylic acid groups (broad SMARTS) is 1. The Balaban J connectivity index is 2.99. The monoisotopic (exact) mass is 204 g/mol. The number of rotatable bonds is 3. The summed E-state index contributed by atoms with van der Waals surface area (Å²) in [5.41, 5.74) is 2.10. The Bertz CT molecular complexity index is 413. The molecule has 0 aliphatic heterocycles. The van der Waals surface area contributed by atoms with E-state index in [2.05, 4.69) is 0 Å². The summed E-state index contributed by atoms with van der Waals surface area (Å²) < 4.78 is 0. The third kappa shape index (κ3) is 3.06. The fraction of sp³-hybridized carbons (Fsp3) is 0.167. The molecule has 0 heterocycles. The molecule has 0 fully saturated rings. The Labute approximate surface area is 88.0 Å². The summed E-state index contributed by atoms with van der Waals surface area (Å²) in [6.07, 6.45) is 1.14. The van der Waals surface area contributed by atoms with Crippen LogP contribution in [0.1, 0.15) is 29.8 Å². The second-order valence-electron chi connectivity index (χ2n) is 3.30. The van der Waals surface area contributed by atoms with Crippen LogP contribution in [0, 0.1) is 0 Å². The molecule has 1 aromatic rings. The number of hydrogen-bond acceptors (Lipinski definition) is 2. The van der Waals surface area contributed by atoms with Gasteiger partial charge in [-0.3, -0.25) is 4.79 Å². The van der Waals surface area contributed by atoms with Gasteiger partial charge >= 0.3 is 5.97 Å². The second-order valence-corrected chi connectivity index (χ2v) is 3.30. The molecule has 15 heavy (non-hydrogen) atoms. The molecule has 0 saturated carbocycles. The van der Waals surface area contributed by atoms with Crippen molar-refractivity contribution < 1.29 is 14.7 Å². The van der Waals surface area contributed by atoms with Gasteiger partial charge in [0.25, 0.3) is 0 Å². The van der Waals surface area contributed by atoms with Crippen molar-refractivity contribution in [3.63, 3.8) is 0 Å². The van der Waals surface area contributed by atoms with Crippen molar-refractivity contribution in [2.75, 3.05) is 0 Å². The van der Waals surface area contributed by atoms with Crippen LogP contribution < -0.4 is 0 Å². The Kier molecular flexibility index (Phi) is 3.39. The molecule has 78 valence electrons. The second kappa shape index (κ2) is 4.55. The third-order valence-corrected chi connectivity index (χ3v) is 2.09. The zero-order valence-electron chi connectivity index (χ0n) is 8.65. The van der Waals surface area contributed by atoms with Gasteiger partial charge < -0.3 is 5.11 Å². The highest BCUT2D eigenvalue weighted by Crippen LogP contribution is 2.14. The average molecular weight is 204 g/mol. The third-order valence-electron chi connectivity index (χ3n) is 2.09. The smallest absolute Gasteiger partial charge is 0.328 e. The Morgan fingerprint density at radius 1 is 1.07 bits per heavy atom. The Morgan fingerprint density at radius 3 is 1.93 bits per heavy atom. The standard InChI is InChI=1S/C12H12O3/c1-8(7-12(14)15)10-3-5-11(6-4-10)9(2)13/h3-7H,1-2H3,(H,14,15)/b8-7+. The van der Waals surface area contributed by atoms with E-state index in [1.165, 1.54) is 6.92 Å². The number of allylic oxidation sites excluding steroid dienone is 1. The van der Waals surface area contributed by atoms with Crippen molar-refractivity contribution >= 4 is 17.3 Å². The summed E-state index contributed by atoms with van der Waals surface area (Å²) in [6, 6.07) is 6.87. The van der Waals surface area contributed by atoms with Gasteiger partial charge in [0.15, 0.2) is 5.78 Å². The van der Waals surface area contributed by atoms with E-state index in [0.29, 0.717) is 11.1 Å². The molecule has 0 aromatic heterocycles. The number of carbonyl (C=O) groups excluding carboxylic acids is 1. The average Bonchev–Trinajstić information content (AvgIpc) is 2.17. The molecular formula is C12H12O3. The molecule has 0 spiro atoms. The van der Waals surface area contributed by atoms with Gasteiger partial charge in [-0.05, 0) is 25.0 Å². The minimum Gasteiger partial charge on any atom is -0.478 e. The SMILES string of the molecule is CC(=O)c1ccc(/C(C)=C/C(=O)O)cc1. The van der Waals surface area contributed by atoms with Crippen molar-refractivity contribution in [2.24, 2.45) is 0 Å². The lowest BCUT2D eigenvalue weighted by Crippen LogP contribution is -1.93. The van der Waals surface area contributed by atoms with Crippen molar-refractivity contribution in [3.8, 4) is 0 Å². The lowest BCUT2D eigenvalue weighted by atomic mass is 10.0. The van der Waals surface area contributed by atoms with E-state index in [4.69, 9.17) is 5.11 Å². The van der Waals surface area contributed by atoms with Gasteiger partial charge in [-0.2, -0.15) is 0 Å². The van der Waals surface area contributed by atoms with Crippen LogP contribution in [0.5, 0.6) is 0 Å². The van der Waals surface area contributed by atoms with Crippen LogP contribution in [0.25, 0.3) is 5.57 Å². The number of Topliss-reactive ketones (excluding diaryl/α,β-unsaturated/α-hetero) is 1. The minimum absolute atomic E-state index is 0.00131. The normalized spacial score (nSPS) is 11.2. The number of carbonyl (C=O) groups is 2. The molecule has 0 aliphatic carbocycles. The van der Waals surface area contributed by atoms with E-state index < -0.39 is 5.97 Å². The van der Waals surface area contributed by atoms with Gasteiger partial charge in [0.1, 0.15) is 0 Å². The molecule has 0 radical (unpaired) electrons. The number of carboxylic acids is 1. The van der Waals surface area contributed by atoms with Crippen molar-refractivity contribution in [1.29, 1.82) is 0 Å². The first kappa shape index (κ1) is 11.2. The Morgan fingerprint density at radius 2 is 1.53 bits per heavy atom. The quantitative estimate of drug-likeness (QED) is 0.607. The van der Waals surface area contributed by atoms with Crippen LogP contribution >= 0.6 is 0 Å². The summed E-state index contributed by atoms with van der Waals surface area (Å²) in [7, 11) is 0. The van der Waals surface area contributed by atoms with Crippen molar-refractivity contribution in [2.45, 2.75) is 13.8 Å². The largest absolute Gasteiger partial charge is 0.478 e. The molecule has 0 amide bonds. The molecule has 1 aromatic carbocycles. The molecule has 3 heteroatoms. The molecule has 0 aliphatic rings. The zero-order chi connectivity index (χ0) is 11.4. The first-order valence-corrected chi connectivity index (χ1v) is 4.53. The van der Waals surface area contributed by atoms with Crippen molar-refractivity contribution in [1.82, 2.24) is 0 Å². The maximum Gasteiger partial charge on any atom is 0.328 e. The summed E-state index contributed by atoms with van der Waals surface area (Å²) in [5.74, 6) is -0.968. The van der Waals surface area contributed by atoms with Gasteiger partial charge in [0, 0.05) is 11.6 Å². The minimum atomic E-state index is -0.969. The topological polar surface area (TPSA) is 54.4 Å². The highest BCUT2D eigenvalue weighted by atomic mass is 16.4. The summed E-state index contributed by atoms with van der Waals surface area (Å²) in [5, 5.41) is 8.56. The Hall–Kier alpha value is -1.90. The van der Waals surface area contributed by atoms with Gasteiger partial charge in [0.2, 0.25) is 0 Å². The summed E-state index contributed by atoms with van der Waals surface area (Å²) in [6.45, 7) is 3.21. The molecule has 1 N–H and O–H groups in total. The van der Waals surface area contributed by atoms with E-state index in [0.717, 1.165) is 11.6 Å². The summed E-state index contributed by atoms with van der Waals surface area (Å²) in [4.78, 5) is 21.4. The van der Waals surface area contributed by atoms with Gasteiger partial charge in [0.05, 0.1) is 0 Å². The van der Waals surface area contributed by atoms with E-state index in [-0.39, 0.29) is 5.78 Å². The molecule has 0 unspecified atom stereocenters. The number of hydrogen-bond donors (Lipinski definition) is 1. The number of benzene rings is 1. The number of aliphatic carboxylic acids is 1. The van der Waals surface area contributed by atoms with Crippen LogP contribution in [0.4, 0.5) is 0 Å². The maximum atomic E-state index is 11.0. The summed E-state index contributed by atoms with van der Waals surface area (Å²) >= 11 is 0. The van der Waals surface area contributed by atoms with Crippen LogP contribution in [-0.4, -0.2) is 16.9 Å². The predicted octanol–water partition coefficient (Wildman–Crippen LogP) is 2.38. The van der Waals surface area contributed by atoms with E-state index in [9.17, 15) is 9.59 Å². The van der Waals surface area contributed by atoms with Crippen molar-refractivity contribution in [3.05, 3.63) is 41.5 Å². The molecular weight excluding hydrogens is 192 g/mol. The lowest BCUT2D eigenvalue weighted by Gasteiger charge is -2.01. The maximum absolute atomic E-state index is 11.0. The van der Waals surface area contributed by atoms with Crippen LogP contribution in [0.3, 0.4) is 0 Å². The van der Waals surface area contributed by atoms with Crippen LogP contribution in [0.15, 0.2) is 30.3 Å². The van der Waals surface area contributed by atoms with E-state index in [1.807, 2.05) is 0 Å². The van der Waals surface area contributed by atoms with Crippen LogP contribution in [-0.2, 0) is 4.79 Å². The molecule has 3 nitrogen and oxygen atoms in total.